The van der Waals surface area contributed by atoms with E-state index in [9.17, 15) is 0 Å². The van der Waals surface area contributed by atoms with Crippen LogP contribution in [0.25, 0.3) is 0 Å². The summed E-state index contributed by atoms with van der Waals surface area (Å²) >= 11 is 0. The quantitative estimate of drug-likeness (QED) is 0.643. The van der Waals surface area contributed by atoms with Gasteiger partial charge < -0.3 is 14.2 Å². The van der Waals surface area contributed by atoms with Crippen LogP contribution in [0, 0.1) is 0 Å². The third-order valence-electron chi connectivity index (χ3n) is 4.45. The van der Waals surface area contributed by atoms with Gasteiger partial charge in [-0.15, -0.1) is 6.58 Å². The molecule has 1 heterocycles. The highest BCUT2D eigenvalue weighted by Gasteiger charge is 2.38. The molecule has 25 heavy (non-hydrogen) atoms. The van der Waals surface area contributed by atoms with E-state index in [1.807, 2.05) is 42.5 Å². The van der Waals surface area contributed by atoms with Gasteiger partial charge in [0.2, 0.25) is 0 Å². The molecule has 1 aliphatic rings. The zero-order valence-corrected chi connectivity index (χ0v) is 14.6. The molecule has 0 bridgehead atoms. The van der Waals surface area contributed by atoms with E-state index >= 15 is 0 Å². The van der Waals surface area contributed by atoms with Gasteiger partial charge in [0.05, 0.1) is 19.3 Å². The molecule has 0 radical (unpaired) electrons. The van der Waals surface area contributed by atoms with Crippen LogP contribution in [-0.4, -0.2) is 18.5 Å². The Morgan fingerprint density at radius 3 is 2.28 bits per heavy atom. The van der Waals surface area contributed by atoms with Gasteiger partial charge in [-0.2, -0.15) is 0 Å². The van der Waals surface area contributed by atoms with Gasteiger partial charge in [0.25, 0.3) is 0 Å². The van der Waals surface area contributed by atoms with E-state index in [-0.39, 0.29) is 6.10 Å². The van der Waals surface area contributed by atoms with E-state index in [0.29, 0.717) is 19.8 Å². The standard InChI is InChI=1S/C22H26O3/c1-2-21-14-9-15-22(25-21,24-17-20-12-7-4-8-13-20)18-23-16-19-10-5-3-6-11-19/h2-8,10-13,21H,1,9,14-18H2. The Bertz CT molecular complexity index is 641. The molecule has 2 aromatic rings. The zero-order chi connectivity index (χ0) is 17.4. The fourth-order valence-electron chi connectivity index (χ4n) is 3.07. The van der Waals surface area contributed by atoms with Gasteiger partial charge in [-0.25, -0.2) is 0 Å². The van der Waals surface area contributed by atoms with Crippen molar-refractivity contribution < 1.29 is 14.2 Å². The maximum absolute atomic E-state index is 6.23. The van der Waals surface area contributed by atoms with Crippen LogP contribution < -0.4 is 0 Å². The third-order valence-corrected chi connectivity index (χ3v) is 4.45. The number of ether oxygens (including phenoxy) is 3. The van der Waals surface area contributed by atoms with Crippen molar-refractivity contribution in [3.05, 3.63) is 84.4 Å². The lowest BCUT2D eigenvalue weighted by atomic mass is 10.0. The van der Waals surface area contributed by atoms with Crippen LogP contribution >= 0.6 is 0 Å². The van der Waals surface area contributed by atoms with Crippen LogP contribution in [0.2, 0.25) is 0 Å². The van der Waals surface area contributed by atoms with Crippen molar-refractivity contribution in [1.82, 2.24) is 0 Å². The second-order valence-corrected chi connectivity index (χ2v) is 6.45. The second-order valence-electron chi connectivity index (χ2n) is 6.45. The maximum atomic E-state index is 6.23. The molecule has 1 aliphatic heterocycles. The van der Waals surface area contributed by atoms with E-state index in [0.717, 1.165) is 30.4 Å². The molecule has 2 atom stereocenters. The minimum Gasteiger partial charge on any atom is -0.371 e. The lowest BCUT2D eigenvalue weighted by molar-refractivity contribution is -0.297. The van der Waals surface area contributed by atoms with Crippen LogP contribution in [0.15, 0.2) is 73.3 Å². The van der Waals surface area contributed by atoms with Gasteiger partial charge in [0, 0.05) is 6.42 Å². The third kappa shape index (κ3) is 5.27. The van der Waals surface area contributed by atoms with Gasteiger partial charge in [0.1, 0.15) is 6.61 Å². The molecule has 1 saturated heterocycles. The van der Waals surface area contributed by atoms with Crippen LogP contribution in [-0.2, 0) is 27.4 Å². The first-order chi connectivity index (χ1) is 12.3. The molecular weight excluding hydrogens is 312 g/mol. The van der Waals surface area contributed by atoms with Crippen molar-refractivity contribution in [3.8, 4) is 0 Å². The van der Waals surface area contributed by atoms with Gasteiger partial charge in [0.15, 0.2) is 5.79 Å². The second kappa shape index (κ2) is 8.95. The van der Waals surface area contributed by atoms with Gasteiger partial charge in [-0.1, -0.05) is 66.7 Å². The van der Waals surface area contributed by atoms with Gasteiger partial charge in [-0.05, 0) is 24.0 Å². The summed E-state index contributed by atoms with van der Waals surface area (Å²) in [6.45, 7) is 5.36. The van der Waals surface area contributed by atoms with E-state index in [2.05, 4.69) is 30.8 Å². The van der Waals surface area contributed by atoms with E-state index in [1.54, 1.807) is 0 Å². The van der Waals surface area contributed by atoms with Crippen LogP contribution in [0.3, 0.4) is 0 Å². The highest BCUT2D eigenvalue weighted by molar-refractivity contribution is 5.14. The molecule has 3 heteroatoms. The Labute approximate surface area is 150 Å². The Morgan fingerprint density at radius 2 is 1.64 bits per heavy atom. The molecule has 0 spiro atoms. The summed E-state index contributed by atoms with van der Waals surface area (Å²) in [6.07, 6.45) is 4.74. The Kier molecular flexibility index (Phi) is 6.40. The van der Waals surface area contributed by atoms with Crippen LogP contribution in [0.4, 0.5) is 0 Å². The Hall–Kier alpha value is -1.94. The fraction of sp³-hybridized carbons (Fsp3) is 0.364. The predicted octanol–water partition coefficient (Wildman–Crippen LogP) is 4.87. The highest BCUT2D eigenvalue weighted by Crippen LogP contribution is 2.32. The molecule has 132 valence electrons. The molecule has 0 aliphatic carbocycles. The fourth-order valence-corrected chi connectivity index (χ4v) is 3.07. The maximum Gasteiger partial charge on any atom is 0.192 e. The van der Waals surface area contributed by atoms with Crippen molar-refractivity contribution in [2.75, 3.05) is 6.61 Å². The number of benzene rings is 2. The smallest absolute Gasteiger partial charge is 0.192 e. The van der Waals surface area contributed by atoms with E-state index in [1.165, 1.54) is 0 Å². The van der Waals surface area contributed by atoms with Crippen LogP contribution in [0.1, 0.15) is 30.4 Å². The minimum absolute atomic E-state index is 0.0184. The predicted molar refractivity (Wildman–Crippen MR) is 99.0 cm³/mol. The summed E-state index contributed by atoms with van der Waals surface area (Å²) in [5, 5.41) is 0. The lowest BCUT2D eigenvalue weighted by Crippen LogP contribution is -2.46. The average molecular weight is 338 g/mol. The molecule has 1 fully saturated rings. The highest BCUT2D eigenvalue weighted by atomic mass is 16.7. The van der Waals surface area contributed by atoms with Crippen LogP contribution in [0.5, 0.6) is 0 Å². The molecule has 0 aromatic heterocycles. The summed E-state index contributed by atoms with van der Waals surface area (Å²) in [6, 6.07) is 20.3. The van der Waals surface area contributed by atoms with Gasteiger partial charge >= 0.3 is 0 Å². The Morgan fingerprint density at radius 1 is 1.00 bits per heavy atom. The molecule has 0 N–H and O–H groups in total. The molecule has 3 rings (SSSR count). The largest absolute Gasteiger partial charge is 0.371 e. The minimum atomic E-state index is -0.707. The molecule has 0 amide bonds. The summed E-state index contributed by atoms with van der Waals surface area (Å²) in [5.74, 6) is -0.707. The van der Waals surface area contributed by atoms with E-state index in [4.69, 9.17) is 14.2 Å². The Balaban J connectivity index is 1.62. The summed E-state index contributed by atoms with van der Waals surface area (Å²) < 4.78 is 18.4. The summed E-state index contributed by atoms with van der Waals surface area (Å²) in [4.78, 5) is 0. The van der Waals surface area contributed by atoms with Gasteiger partial charge in [-0.3, -0.25) is 0 Å². The zero-order valence-electron chi connectivity index (χ0n) is 14.6. The molecule has 0 saturated carbocycles. The first-order valence-electron chi connectivity index (χ1n) is 8.90. The SMILES string of the molecule is C=CC1CCCC(COCc2ccccc2)(OCc2ccccc2)O1. The van der Waals surface area contributed by atoms with Crippen molar-refractivity contribution in [2.24, 2.45) is 0 Å². The average Bonchev–Trinajstić information content (AvgIpc) is 2.68. The van der Waals surface area contributed by atoms with E-state index < -0.39 is 5.79 Å². The summed E-state index contributed by atoms with van der Waals surface area (Å²) in [5.41, 5.74) is 2.28. The monoisotopic (exact) mass is 338 g/mol. The molecule has 2 unspecified atom stereocenters. The first kappa shape index (κ1) is 17.9. The normalized spacial score (nSPS) is 23.3. The molecule has 3 nitrogen and oxygen atoms in total. The van der Waals surface area contributed by atoms with Crippen molar-refractivity contribution in [2.45, 2.75) is 44.4 Å². The van der Waals surface area contributed by atoms with Crippen molar-refractivity contribution >= 4 is 0 Å². The van der Waals surface area contributed by atoms with Crippen molar-refractivity contribution in [3.63, 3.8) is 0 Å². The molecule has 2 aromatic carbocycles. The summed E-state index contributed by atoms with van der Waals surface area (Å²) in [7, 11) is 0. The number of rotatable bonds is 8. The topological polar surface area (TPSA) is 27.7 Å². The number of hydrogen-bond donors (Lipinski definition) is 0. The number of hydrogen-bond acceptors (Lipinski definition) is 3. The molecular formula is C22H26O3. The van der Waals surface area contributed by atoms with Crippen molar-refractivity contribution in [1.29, 1.82) is 0 Å². The first-order valence-corrected chi connectivity index (χ1v) is 8.90. The lowest BCUT2D eigenvalue weighted by Gasteiger charge is -2.40.